The summed E-state index contributed by atoms with van der Waals surface area (Å²) in [5.74, 6) is -1.02. The largest absolute Gasteiger partial charge is 0.477 e. The summed E-state index contributed by atoms with van der Waals surface area (Å²) in [6, 6.07) is 9.62. The van der Waals surface area contributed by atoms with Gasteiger partial charge in [-0.15, -0.1) is 0 Å². The molecule has 0 fully saturated rings. The molecular weight excluding hydrogens is 240 g/mol. The first kappa shape index (κ1) is 11.7. The molecule has 0 atom stereocenters. The fourth-order valence-electron chi connectivity index (χ4n) is 2.44. The van der Waals surface area contributed by atoms with E-state index in [9.17, 15) is 4.79 Å². The molecule has 1 aliphatic rings. The number of rotatable bonds is 3. The molecule has 96 valence electrons. The van der Waals surface area contributed by atoms with E-state index in [1.807, 2.05) is 6.07 Å². The van der Waals surface area contributed by atoms with Gasteiger partial charge in [0.15, 0.2) is 0 Å². The fraction of sp³-hybridized carbons (Fsp3) is 0.200. The lowest BCUT2D eigenvalue weighted by molar-refractivity contribution is 0.0690. The second kappa shape index (κ2) is 4.72. The van der Waals surface area contributed by atoms with Gasteiger partial charge in [-0.1, -0.05) is 6.07 Å². The third-order valence-corrected chi connectivity index (χ3v) is 3.37. The zero-order valence-electron chi connectivity index (χ0n) is 10.4. The van der Waals surface area contributed by atoms with Crippen LogP contribution in [0.25, 0.3) is 0 Å². The molecule has 0 amide bonds. The SMILES string of the molecule is O=C(O)c1cc(Nc2ccc3c(c2)CCC3)ccn1. The van der Waals surface area contributed by atoms with Gasteiger partial charge in [-0.25, -0.2) is 9.78 Å². The molecule has 1 heterocycles. The number of hydrogen-bond acceptors (Lipinski definition) is 3. The maximum Gasteiger partial charge on any atom is 0.354 e. The average Bonchev–Trinajstić information content (AvgIpc) is 2.86. The Hall–Kier alpha value is -2.36. The van der Waals surface area contributed by atoms with E-state index in [1.165, 1.54) is 29.8 Å². The van der Waals surface area contributed by atoms with Gasteiger partial charge in [-0.2, -0.15) is 0 Å². The predicted octanol–water partition coefficient (Wildman–Crippen LogP) is 3.01. The van der Waals surface area contributed by atoms with Gasteiger partial charge < -0.3 is 10.4 Å². The highest BCUT2D eigenvalue weighted by Gasteiger charge is 2.11. The van der Waals surface area contributed by atoms with Crippen molar-refractivity contribution < 1.29 is 9.90 Å². The Labute approximate surface area is 111 Å². The van der Waals surface area contributed by atoms with Gasteiger partial charge in [-0.3, -0.25) is 0 Å². The van der Waals surface area contributed by atoms with Gasteiger partial charge in [0.1, 0.15) is 5.69 Å². The number of anilines is 2. The van der Waals surface area contributed by atoms with Gasteiger partial charge in [0.25, 0.3) is 0 Å². The van der Waals surface area contributed by atoms with E-state index in [1.54, 1.807) is 6.07 Å². The van der Waals surface area contributed by atoms with E-state index in [4.69, 9.17) is 5.11 Å². The summed E-state index contributed by atoms with van der Waals surface area (Å²) in [6.07, 6.45) is 5.01. The molecule has 1 aromatic heterocycles. The Morgan fingerprint density at radius 3 is 2.74 bits per heavy atom. The van der Waals surface area contributed by atoms with Crippen LogP contribution in [0.5, 0.6) is 0 Å². The van der Waals surface area contributed by atoms with Crippen LogP contribution >= 0.6 is 0 Å². The molecule has 0 aliphatic heterocycles. The molecule has 0 radical (unpaired) electrons. The standard InChI is InChI=1S/C15H14N2O2/c18-15(19)14-9-13(6-7-16-14)17-12-5-4-10-2-1-3-11(10)8-12/h4-9H,1-3H2,(H,16,17)(H,18,19). The van der Waals surface area contributed by atoms with E-state index in [-0.39, 0.29) is 5.69 Å². The Bertz CT molecular complexity index is 638. The first-order chi connectivity index (χ1) is 9.22. The fourth-order valence-corrected chi connectivity index (χ4v) is 2.44. The highest BCUT2D eigenvalue weighted by atomic mass is 16.4. The molecule has 1 aliphatic carbocycles. The second-order valence-corrected chi connectivity index (χ2v) is 4.70. The van der Waals surface area contributed by atoms with Crippen LogP contribution in [0, 0.1) is 0 Å². The summed E-state index contributed by atoms with van der Waals surface area (Å²) in [6.45, 7) is 0. The molecule has 4 heteroatoms. The van der Waals surface area contributed by atoms with Crippen LogP contribution in [0.3, 0.4) is 0 Å². The monoisotopic (exact) mass is 254 g/mol. The second-order valence-electron chi connectivity index (χ2n) is 4.70. The molecule has 0 saturated heterocycles. The number of benzene rings is 1. The predicted molar refractivity (Wildman–Crippen MR) is 72.9 cm³/mol. The van der Waals surface area contributed by atoms with E-state index in [0.717, 1.165) is 24.2 Å². The van der Waals surface area contributed by atoms with Crippen molar-refractivity contribution in [1.82, 2.24) is 4.98 Å². The van der Waals surface area contributed by atoms with Crippen LogP contribution < -0.4 is 5.32 Å². The summed E-state index contributed by atoms with van der Waals surface area (Å²) < 4.78 is 0. The van der Waals surface area contributed by atoms with Crippen LogP contribution in [-0.2, 0) is 12.8 Å². The van der Waals surface area contributed by atoms with Crippen molar-refractivity contribution in [3.63, 3.8) is 0 Å². The first-order valence-corrected chi connectivity index (χ1v) is 6.30. The molecule has 4 nitrogen and oxygen atoms in total. The van der Waals surface area contributed by atoms with Crippen molar-refractivity contribution in [1.29, 1.82) is 0 Å². The van der Waals surface area contributed by atoms with Gasteiger partial charge in [0, 0.05) is 17.6 Å². The number of aromatic carboxylic acids is 1. The van der Waals surface area contributed by atoms with Gasteiger partial charge in [-0.05, 0) is 54.7 Å². The number of nitrogens with zero attached hydrogens (tertiary/aromatic N) is 1. The normalized spacial score (nSPS) is 13.1. The van der Waals surface area contributed by atoms with E-state index >= 15 is 0 Å². The lowest BCUT2D eigenvalue weighted by Gasteiger charge is -2.08. The Morgan fingerprint density at radius 1 is 1.11 bits per heavy atom. The highest BCUT2D eigenvalue weighted by Crippen LogP contribution is 2.26. The lowest BCUT2D eigenvalue weighted by atomic mass is 10.1. The van der Waals surface area contributed by atoms with Gasteiger partial charge in [0.2, 0.25) is 0 Å². The van der Waals surface area contributed by atoms with Crippen molar-refractivity contribution in [2.75, 3.05) is 5.32 Å². The number of aromatic nitrogens is 1. The molecule has 0 spiro atoms. The Balaban J connectivity index is 1.85. The van der Waals surface area contributed by atoms with Crippen LogP contribution in [0.4, 0.5) is 11.4 Å². The van der Waals surface area contributed by atoms with E-state index in [0.29, 0.717) is 0 Å². The van der Waals surface area contributed by atoms with Crippen LogP contribution in [0.15, 0.2) is 36.5 Å². The van der Waals surface area contributed by atoms with Crippen molar-refractivity contribution in [2.24, 2.45) is 0 Å². The molecule has 19 heavy (non-hydrogen) atoms. The number of hydrogen-bond donors (Lipinski definition) is 2. The number of carbonyl (C=O) groups is 1. The van der Waals surface area contributed by atoms with Crippen molar-refractivity contribution in [2.45, 2.75) is 19.3 Å². The number of nitrogens with one attached hydrogen (secondary N) is 1. The van der Waals surface area contributed by atoms with Gasteiger partial charge in [0.05, 0.1) is 0 Å². The third-order valence-electron chi connectivity index (χ3n) is 3.37. The molecule has 3 rings (SSSR count). The molecule has 0 saturated carbocycles. The Kier molecular flexibility index (Phi) is 2.91. The molecule has 0 unspecified atom stereocenters. The summed E-state index contributed by atoms with van der Waals surface area (Å²) in [4.78, 5) is 14.7. The molecule has 1 aromatic carbocycles. The van der Waals surface area contributed by atoms with Gasteiger partial charge >= 0.3 is 5.97 Å². The minimum absolute atomic E-state index is 0.0474. The first-order valence-electron chi connectivity index (χ1n) is 6.30. The number of fused-ring (bicyclic) bond motifs is 1. The maximum absolute atomic E-state index is 10.9. The van der Waals surface area contributed by atoms with Crippen LogP contribution in [0.1, 0.15) is 28.0 Å². The molecule has 2 aromatic rings. The van der Waals surface area contributed by atoms with E-state index in [2.05, 4.69) is 22.4 Å². The quantitative estimate of drug-likeness (QED) is 0.883. The summed E-state index contributed by atoms with van der Waals surface area (Å²) in [5.41, 5.74) is 4.59. The third kappa shape index (κ3) is 2.42. The lowest BCUT2D eigenvalue weighted by Crippen LogP contribution is -2.01. The van der Waals surface area contributed by atoms with Crippen molar-refractivity contribution >= 4 is 17.3 Å². The minimum Gasteiger partial charge on any atom is -0.477 e. The molecular formula is C15H14N2O2. The molecule has 2 N–H and O–H groups in total. The summed E-state index contributed by atoms with van der Waals surface area (Å²) in [5, 5.41) is 12.1. The number of carboxylic acids is 1. The number of aryl methyl sites for hydroxylation is 2. The minimum atomic E-state index is -1.02. The zero-order chi connectivity index (χ0) is 13.2. The molecule has 0 bridgehead atoms. The van der Waals surface area contributed by atoms with Crippen molar-refractivity contribution in [3.05, 3.63) is 53.3 Å². The Morgan fingerprint density at radius 2 is 1.89 bits per heavy atom. The smallest absolute Gasteiger partial charge is 0.354 e. The topological polar surface area (TPSA) is 62.2 Å². The number of carboxylic acid groups (broad SMARTS) is 1. The van der Waals surface area contributed by atoms with Crippen molar-refractivity contribution in [3.8, 4) is 0 Å². The summed E-state index contributed by atoms with van der Waals surface area (Å²) >= 11 is 0. The zero-order valence-corrected chi connectivity index (χ0v) is 10.4. The van der Waals surface area contributed by atoms with Crippen LogP contribution in [0.2, 0.25) is 0 Å². The summed E-state index contributed by atoms with van der Waals surface area (Å²) in [7, 11) is 0. The maximum atomic E-state index is 10.9. The highest BCUT2D eigenvalue weighted by molar-refractivity contribution is 5.86. The average molecular weight is 254 g/mol. The van der Waals surface area contributed by atoms with Crippen LogP contribution in [-0.4, -0.2) is 16.1 Å². The van der Waals surface area contributed by atoms with E-state index < -0.39 is 5.97 Å². The number of pyridine rings is 1.